The van der Waals surface area contributed by atoms with Gasteiger partial charge in [-0.1, -0.05) is 12.1 Å². The molecule has 5 heteroatoms. The van der Waals surface area contributed by atoms with Gasteiger partial charge < -0.3 is 10.5 Å². The predicted octanol–water partition coefficient (Wildman–Crippen LogP) is 3.22. The Kier molecular flexibility index (Phi) is 3.44. The van der Waals surface area contributed by atoms with Crippen LogP contribution >= 0.6 is 15.9 Å². The van der Waals surface area contributed by atoms with E-state index < -0.39 is 5.91 Å². The molecule has 1 aliphatic carbocycles. The fourth-order valence-electron chi connectivity index (χ4n) is 2.34. The van der Waals surface area contributed by atoms with Gasteiger partial charge in [0.25, 0.3) is 5.91 Å². The fraction of sp³-hybridized carbons (Fsp3) is 0.200. The molecule has 3 rings (SSSR count). The highest BCUT2D eigenvalue weighted by Crippen LogP contribution is 2.32. The summed E-state index contributed by atoms with van der Waals surface area (Å²) in [7, 11) is 0. The van der Waals surface area contributed by atoms with E-state index in [4.69, 9.17) is 10.5 Å². The Morgan fingerprint density at radius 2 is 2.10 bits per heavy atom. The minimum atomic E-state index is -0.519. The summed E-state index contributed by atoms with van der Waals surface area (Å²) in [6.07, 6.45) is 2.91. The molecule has 0 atom stereocenters. The lowest BCUT2D eigenvalue weighted by Gasteiger charge is -2.11. The number of hydrogen-bond acceptors (Lipinski definition) is 3. The highest BCUT2D eigenvalue weighted by molar-refractivity contribution is 9.10. The SMILES string of the molecule is NC(=O)c1cc2c(nc1Oc1ccccc1Br)CCC2. The van der Waals surface area contributed by atoms with Gasteiger partial charge >= 0.3 is 0 Å². The highest BCUT2D eigenvalue weighted by Gasteiger charge is 2.20. The zero-order valence-electron chi connectivity index (χ0n) is 10.7. The van der Waals surface area contributed by atoms with Crippen molar-refractivity contribution in [3.05, 3.63) is 51.6 Å². The van der Waals surface area contributed by atoms with Crippen LogP contribution in [0.4, 0.5) is 0 Å². The lowest BCUT2D eigenvalue weighted by atomic mass is 10.1. The molecule has 4 nitrogen and oxygen atoms in total. The summed E-state index contributed by atoms with van der Waals surface area (Å²) in [5.41, 5.74) is 7.86. The number of nitrogens with zero attached hydrogens (tertiary/aromatic N) is 1. The Balaban J connectivity index is 2.04. The summed E-state index contributed by atoms with van der Waals surface area (Å²) in [6, 6.07) is 9.24. The average molecular weight is 333 g/mol. The molecule has 20 heavy (non-hydrogen) atoms. The minimum absolute atomic E-state index is 0.282. The molecular formula is C15H13BrN2O2. The zero-order valence-corrected chi connectivity index (χ0v) is 12.3. The number of nitrogens with two attached hydrogens (primary N) is 1. The molecule has 2 aromatic rings. The van der Waals surface area contributed by atoms with Crippen LogP contribution in [0.3, 0.4) is 0 Å². The fourth-order valence-corrected chi connectivity index (χ4v) is 2.70. The van der Waals surface area contributed by atoms with Gasteiger partial charge in [-0.25, -0.2) is 4.98 Å². The van der Waals surface area contributed by atoms with E-state index in [-0.39, 0.29) is 5.88 Å². The van der Waals surface area contributed by atoms with Gasteiger partial charge in [-0.15, -0.1) is 0 Å². The Labute approximate surface area is 125 Å². The van der Waals surface area contributed by atoms with Crippen molar-refractivity contribution in [3.8, 4) is 11.6 Å². The number of para-hydroxylation sites is 1. The van der Waals surface area contributed by atoms with Crippen LogP contribution < -0.4 is 10.5 Å². The van der Waals surface area contributed by atoms with Gasteiger partial charge in [0.15, 0.2) is 0 Å². The van der Waals surface area contributed by atoms with Crippen molar-refractivity contribution in [3.63, 3.8) is 0 Å². The molecule has 0 aliphatic heterocycles. The number of fused-ring (bicyclic) bond motifs is 1. The Morgan fingerprint density at radius 1 is 1.30 bits per heavy atom. The van der Waals surface area contributed by atoms with Gasteiger partial charge in [0, 0.05) is 5.69 Å². The first kappa shape index (κ1) is 13.1. The molecule has 0 spiro atoms. The maximum atomic E-state index is 11.6. The highest BCUT2D eigenvalue weighted by atomic mass is 79.9. The molecule has 0 saturated carbocycles. The number of aryl methyl sites for hydroxylation is 2. The molecule has 1 amide bonds. The van der Waals surface area contributed by atoms with Crippen LogP contribution in [0.2, 0.25) is 0 Å². The largest absolute Gasteiger partial charge is 0.437 e. The number of pyridine rings is 1. The van der Waals surface area contributed by atoms with Crippen molar-refractivity contribution in [2.45, 2.75) is 19.3 Å². The molecule has 102 valence electrons. The van der Waals surface area contributed by atoms with Crippen LogP contribution in [0.1, 0.15) is 28.0 Å². The van der Waals surface area contributed by atoms with Crippen molar-refractivity contribution in [1.82, 2.24) is 4.98 Å². The van der Waals surface area contributed by atoms with Crippen LogP contribution in [0.5, 0.6) is 11.6 Å². The summed E-state index contributed by atoms with van der Waals surface area (Å²) in [4.78, 5) is 16.1. The number of aromatic nitrogens is 1. The molecule has 0 radical (unpaired) electrons. The lowest BCUT2D eigenvalue weighted by molar-refractivity contribution is 0.0997. The number of carbonyl (C=O) groups excluding carboxylic acids is 1. The van der Waals surface area contributed by atoms with E-state index in [1.807, 2.05) is 30.3 Å². The Morgan fingerprint density at radius 3 is 2.85 bits per heavy atom. The quantitative estimate of drug-likeness (QED) is 0.938. The number of rotatable bonds is 3. The van der Waals surface area contributed by atoms with E-state index in [2.05, 4.69) is 20.9 Å². The molecule has 0 bridgehead atoms. The lowest BCUT2D eigenvalue weighted by Crippen LogP contribution is -2.14. The third-order valence-corrected chi connectivity index (χ3v) is 3.98. The van der Waals surface area contributed by atoms with Crippen LogP contribution in [0.25, 0.3) is 0 Å². The number of ether oxygens (including phenoxy) is 1. The van der Waals surface area contributed by atoms with E-state index >= 15 is 0 Å². The summed E-state index contributed by atoms with van der Waals surface area (Å²) in [5, 5.41) is 0. The smallest absolute Gasteiger partial charge is 0.254 e. The summed E-state index contributed by atoms with van der Waals surface area (Å²) in [6.45, 7) is 0. The van der Waals surface area contributed by atoms with Crippen LogP contribution in [-0.4, -0.2) is 10.9 Å². The second kappa shape index (κ2) is 5.25. The maximum Gasteiger partial charge on any atom is 0.254 e. The topological polar surface area (TPSA) is 65.2 Å². The first-order valence-electron chi connectivity index (χ1n) is 6.40. The van der Waals surface area contributed by atoms with Crippen LogP contribution in [-0.2, 0) is 12.8 Å². The van der Waals surface area contributed by atoms with Gasteiger partial charge in [0.05, 0.1) is 4.47 Å². The van der Waals surface area contributed by atoms with Gasteiger partial charge in [-0.2, -0.15) is 0 Å². The summed E-state index contributed by atoms with van der Waals surface area (Å²) >= 11 is 3.41. The van der Waals surface area contributed by atoms with E-state index in [0.717, 1.165) is 35.0 Å². The van der Waals surface area contributed by atoms with Crippen molar-refractivity contribution in [2.75, 3.05) is 0 Å². The number of halogens is 1. The van der Waals surface area contributed by atoms with E-state index in [9.17, 15) is 4.79 Å². The Bertz CT molecular complexity index is 686. The molecule has 0 unspecified atom stereocenters. The van der Waals surface area contributed by atoms with E-state index in [1.54, 1.807) is 0 Å². The van der Waals surface area contributed by atoms with Crippen molar-refractivity contribution < 1.29 is 9.53 Å². The van der Waals surface area contributed by atoms with Crippen molar-refractivity contribution in [2.24, 2.45) is 5.73 Å². The van der Waals surface area contributed by atoms with Crippen LogP contribution in [0.15, 0.2) is 34.8 Å². The van der Waals surface area contributed by atoms with Crippen molar-refractivity contribution >= 4 is 21.8 Å². The standard InChI is InChI=1S/C15H13BrN2O2/c16-11-5-1-2-7-13(11)20-15-10(14(17)19)8-9-4-3-6-12(9)18-15/h1-2,5,7-8H,3-4,6H2,(H2,17,19). The molecule has 1 aromatic carbocycles. The molecule has 1 heterocycles. The van der Waals surface area contributed by atoms with Gasteiger partial charge in [-0.05, 0) is 59.0 Å². The molecule has 0 saturated heterocycles. The second-order valence-corrected chi connectivity index (χ2v) is 5.55. The first-order chi connectivity index (χ1) is 9.65. The third kappa shape index (κ3) is 2.41. The third-order valence-electron chi connectivity index (χ3n) is 3.32. The normalized spacial score (nSPS) is 13.1. The maximum absolute atomic E-state index is 11.6. The number of benzene rings is 1. The van der Waals surface area contributed by atoms with E-state index in [1.165, 1.54) is 0 Å². The predicted molar refractivity (Wildman–Crippen MR) is 79.0 cm³/mol. The van der Waals surface area contributed by atoms with Gasteiger partial charge in [0.2, 0.25) is 5.88 Å². The Hall–Kier alpha value is -1.88. The first-order valence-corrected chi connectivity index (χ1v) is 7.19. The van der Waals surface area contributed by atoms with Crippen LogP contribution in [0, 0.1) is 0 Å². The second-order valence-electron chi connectivity index (χ2n) is 4.70. The monoisotopic (exact) mass is 332 g/mol. The average Bonchev–Trinajstić information content (AvgIpc) is 2.87. The van der Waals surface area contributed by atoms with Gasteiger partial charge in [-0.3, -0.25) is 4.79 Å². The molecule has 1 aliphatic rings. The number of carbonyl (C=O) groups is 1. The van der Waals surface area contributed by atoms with Gasteiger partial charge in [0.1, 0.15) is 11.3 Å². The summed E-state index contributed by atoms with van der Waals surface area (Å²) < 4.78 is 6.57. The molecular weight excluding hydrogens is 320 g/mol. The number of hydrogen-bond donors (Lipinski definition) is 1. The number of primary amides is 1. The van der Waals surface area contributed by atoms with E-state index in [0.29, 0.717) is 11.3 Å². The number of amides is 1. The zero-order chi connectivity index (χ0) is 14.1. The summed E-state index contributed by atoms with van der Waals surface area (Å²) in [5.74, 6) is 0.375. The minimum Gasteiger partial charge on any atom is -0.437 e. The molecule has 1 aromatic heterocycles. The van der Waals surface area contributed by atoms with Crippen molar-refractivity contribution in [1.29, 1.82) is 0 Å². The molecule has 2 N–H and O–H groups in total. The molecule has 0 fully saturated rings.